The molecule has 2 amide bonds. The third kappa shape index (κ3) is 3.46. The Morgan fingerprint density at radius 2 is 1.81 bits per heavy atom. The van der Waals surface area contributed by atoms with E-state index in [0.29, 0.717) is 12.4 Å². The first-order valence-corrected chi connectivity index (χ1v) is 8.99. The Morgan fingerprint density at radius 1 is 1.00 bits per heavy atom. The summed E-state index contributed by atoms with van der Waals surface area (Å²) in [5.41, 5.74) is 2.67. The van der Waals surface area contributed by atoms with Crippen molar-refractivity contribution < 1.29 is 4.79 Å². The zero-order chi connectivity index (χ0) is 17.8. The smallest absolute Gasteiger partial charge is 0.319 e. The molecule has 3 heterocycles. The van der Waals surface area contributed by atoms with Crippen LogP contribution in [0.3, 0.4) is 0 Å². The van der Waals surface area contributed by atoms with Gasteiger partial charge in [0.15, 0.2) is 11.5 Å². The van der Waals surface area contributed by atoms with Crippen LogP contribution in [0.4, 0.5) is 16.2 Å². The molecule has 2 aromatic heterocycles. The Labute approximate surface area is 152 Å². The first-order valence-electron chi connectivity index (χ1n) is 8.99. The number of nitrogens with one attached hydrogen (secondary N) is 2. The van der Waals surface area contributed by atoms with Gasteiger partial charge in [0.05, 0.1) is 17.9 Å². The lowest BCUT2D eigenvalue weighted by Crippen LogP contribution is -2.32. The van der Waals surface area contributed by atoms with Gasteiger partial charge in [-0.1, -0.05) is 18.2 Å². The minimum atomic E-state index is -0.248. The highest BCUT2D eigenvalue weighted by Crippen LogP contribution is 2.28. The number of carbonyl (C=O) groups is 1. The largest absolute Gasteiger partial charge is 0.370 e. The number of aromatic nitrogens is 3. The van der Waals surface area contributed by atoms with Crippen molar-refractivity contribution >= 4 is 23.1 Å². The molecule has 0 spiro atoms. The van der Waals surface area contributed by atoms with Gasteiger partial charge in [0.2, 0.25) is 0 Å². The maximum Gasteiger partial charge on any atom is 0.319 e. The number of benzene rings is 1. The van der Waals surface area contributed by atoms with E-state index < -0.39 is 0 Å². The first-order chi connectivity index (χ1) is 12.8. The average molecular weight is 350 g/mol. The minimum absolute atomic E-state index is 0.248. The topological polar surface area (TPSA) is 74.6 Å². The quantitative estimate of drug-likeness (QED) is 0.758. The molecular weight excluding hydrogens is 328 g/mol. The molecule has 4 rings (SSSR count). The number of hydrogen-bond donors (Lipinski definition) is 2. The van der Waals surface area contributed by atoms with Crippen LogP contribution < -0.4 is 15.5 Å². The van der Waals surface area contributed by atoms with Gasteiger partial charge in [-0.25, -0.2) is 4.79 Å². The molecular formula is C19H22N6O. The lowest BCUT2D eigenvalue weighted by atomic mass is 10.1. The molecule has 7 nitrogen and oxygen atoms in total. The fourth-order valence-electron chi connectivity index (χ4n) is 3.33. The van der Waals surface area contributed by atoms with Crippen molar-refractivity contribution in [3.8, 4) is 0 Å². The summed E-state index contributed by atoms with van der Waals surface area (Å²) >= 11 is 0. The van der Waals surface area contributed by atoms with E-state index in [1.807, 2.05) is 47.0 Å². The standard InChI is InChI=1S/C19H22N6O/c26-19(20-14-18-23-22-17-10-4-7-13-25(17)18)21-15-8-2-3-9-16(15)24-11-5-1-6-12-24/h2-4,7-10,13H,1,5-6,11-12,14H2,(H2,20,21,26). The Bertz CT molecular complexity index is 900. The number of rotatable bonds is 4. The summed E-state index contributed by atoms with van der Waals surface area (Å²) in [5, 5.41) is 14.1. The second-order valence-electron chi connectivity index (χ2n) is 6.42. The van der Waals surface area contributed by atoms with Crippen molar-refractivity contribution in [2.24, 2.45) is 0 Å². The molecule has 1 fully saturated rings. The normalized spacial score (nSPS) is 14.4. The van der Waals surface area contributed by atoms with E-state index >= 15 is 0 Å². The molecule has 0 unspecified atom stereocenters. The van der Waals surface area contributed by atoms with Crippen molar-refractivity contribution in [2.75, 3.05) is 23.3 Å². The highest BCUT2D eigenvalue weighted by molar-refractivity contribution is 5.93. The van der Waals surface area contributed by atoms with Crippen LogP contribution in [0.2, 0.25) is 0 Å². The van der Waals surface area contributed by atoms with Gasteiger partial charge in [-0.15, -0.1) is 10.2 Å². The van der Waals surface area contributed by atoms with E-state index in [4.69, 9.17) is 0 Å². The van der Waals surface area contributed by atoms with Gasteiger partial charge in [0.1, 0.15) is 0 Å². The van der Waals surface area contributed by atoms with Crippen molar-refractivity contribution in [3.63, 3.8) is 0 Å². The summed E-state index contributed by atoms with van der Waals surface area (Å²) in [6, 6.07) is 13.4. The highest BCUT2D eigenvalue weighted by atomic mass is 16.2. The first kappa shape index (κ1) is 16.4. The molecule has 1 aliphatic rings. The third-order valence-corrected chi connectivity index (χ3v) is 4.64. The van der Waals surface area contributed by atoms with Gasteiger partial charge in [0.25, 0.3) is 0 Å². The number of amides is 2. The number of para-hydroxylation sites is 2. The van der Waals surface area contributed by atoms with Crippen LogP contribution in [0.25, 0.3) is 5.65 Å². The van der Waals surface area contributed by atoms with E-state index in [9.17, 15) is 4.79 Å². The fourth-order valence-corrected chi connectivity index (χ4v) is 3.33. The van der Waals surface area contributed by atoms with Gasteiger partial charge >= 0.3 is 6.03 Å². The van der Waals surface area contributed by atoms with E-state index in [-0.39, 0.29) is 6.03 Å². The molecule has 0 bridgehead atoms. The molecule has 134 valence electrons. The summed E-state index contributed by atoms with van der Waals surface area (Å²) in [5.74, 6) is 0.695. The summed E-state index contributed by atoms with van der Waals surface area (Å²) in [7, 11) is 0. The predicted molar refractivity (Wildman–Crippen MR) is 101 cm³/mol. The molecule has 0 atom stereocenters. The van der Waals surface area contributed by atoms with Crippen LogP contribution in [0, 0.1) is 0 Å². The Balaban J connectivity index is 1.42. The predicted octanol–water partition coefficient (Wildman–Crippen LogP) is 3.04. The molecule has 0 saturated carbocycles. The van der Waals surface area contributed by atoms with E-state index in [2.05, 4.69) is 31.8 Å². The van der Waals surface area contributed by atoms with Gasteiger partial charge in [-0.05, 0) is 43.5 Å². The second-order valence-corrected chi connectivity index (χ2v) is 6.42. The molecule has 0 aliphatic carbocycles. The zero-order valence-corrected chi connectivity index (χ0v) is 14.6. The van der Waals surface area contributed by atoms with Crippen molar-refractivity contribution in [2.45, 2.75) is 25.8 Å². The molecule has 3 aromatic rings. The molecule has 26 heavy (non-hydrogen) atoms. The van der Waals surface area contributed by atoms with Crippen LogP contribution in [0.5, 0.6) is 0 Å². The number of pyridine rings is 1. The van der Waals surface area contributed by atoms with Crippen molar-refractivity contribution in [1.82, 2.24) is 19.9 Å². The fraction of sp³-hybridized carbons (Fsp3) is 0.316. The Morgan fingerprint density at radius 3 is 2.69 bits per heavy atom. The summed E-state index contributed by atoms with van der Waals surface area (Å²) in [4.78, 5) is 14.7. The van der Waals surface area contributed by atoms with E-state index in [1.54, 1.807) is 0 Å². The maximum absolute atomic E-state index is 12.4. The number of hydrogen-bond acceptors (Lipinski definition) is 4. The monoisotopic (exact) mass is 350 g/mol. The number of anilines is 2. The molecule has 1 saturated heterocycles. The molecule has 1 aliphatic heterocycles. The van der Waals surface area contributed by atoms with Crippen LogP contribution in [0.1, 0.15) is 25.1 Å². The molecule has 1 aromatic carbocycles. The van der Waals surface area contributed by atoms with Crippen LogP contribution >= 0.6 is 0 Å². The van der Waals surface area contributed by atoms with Crippen molar-refractivity contribution in [3.05, 3.63) is 54.5 Å². The summed E-state index contributed by atoms with van der Waals surface area (Å²) in [6.07, 6.45) is 5.55. The van der Waals surface area contributed by atoms with Gasteiger partial charge in [-0.3, -0.25) is 4.40 Å². The molecule has 7 heteroatoms. The van der Waals surface area contributed by atoms with Gasteiger partial charge in [0, 0.05) is 19.3 Å². The highest BCUT2D eigenvalue weighted by Gasteiger charge is 2.15. The zero-order valence-electron chi connectivity index (χ0n) is 14.6. The molecule has 2 N–H and O–H groups in total. The van der Waals surface area contributed by atoms with Crippen LogP contribution in [-0.2, 0) is 6.54 Å². The maximum atomic E-state index is 12.4. The lowest BCUT2D eigenvalue weighted by Gasteiger charge is -2.30. The van der Waals surface area contributed by atoms with Gasteiger partial charge in [-0.2, -0.15) is 0 Å². The number of carbonyl (C=O) groups excluding carboxylic acids is 1. The van der Waals surface area contributed by atoms with E-state index in [0.717, 1.165) is 30.1 Å². The van der Waals surface area contributed by atoms with E-state index in [1.165, 1.54) is 19.3 Å². The molecule has 0 radical (unpaired) electrons. The third-order valence-electron chi connectivity index (χ3n) is 4.64. The number of piperidine rings is 1. The van der Waals surface area contributed by atoms with Crippen molar-refractivity contribution in [1.29, 1.82) is 0 Å². The number of urea groups is 1. The van der Waals surface area contributed by atoms with Crippen LogP contribution in [-0.4, -0.2) is 33.7 Å². The number of fused-ring (bicyclic) bond motifs is 1. The summed E-state index contributed by atoms with van der Waals surface area (Å²) in [6.45, 7) is 2.38. The number of nitrogens with zero attached hydrogens (tertiary/aromatic N) is 4. The second kappa shape index (κ2) is 7.43. The Kier molecular flexibility index (Phi) is 4.68. The summed E-state index contributed by atoms with van der Waals surface area (Å²) < 4.78 is 1.86. The SMILES string of the molecule is O=C(NCc1nnc2ccccn12)Nc1ccccc1N1CCCCC1. The minimum Gasteiger partial charge on any atom is -0.370 e. The van der Waals surface area contributed by atoms with Gasteiger partial charge < -0.3 is 15.5 Å². The average Bonchev–Trinajstić information content (AvgIpc) is 3.11. The van der Waals surface area contributed by atoms with Crippen LogP contribution in [0.15, 0.2) is 48.7 Å². The lowest BCUT2D eigenvalue weighted by molar-refractivity contribution is 0.251. The Hall–Kier alpha value is -3.09.